The van der Waals surface area contributed by atoms with E-state index < -0.39 is 0 Å². The van der Waals surface area contributed by atoms with E-state index in [1.54, 1.807) is 6.07 Å². The molecule has 0 bridgehead atoms. The summed E-state index contributed by atoms with van der Waals surface area (Å²) >= 11 is 0. The SMILES string of the molecule is Cc1oc(CCc2cccc(F)c2)nc1CCN. The number of halogens is 1. The molecule has 1 heterocycles. The highest BCUT2D eigenvalue weighted by Crippen LogP contribution is 2.13. The van der Waals surface area contributed by atoms with Gasteiger partial charge in [0.15, 0.2) is 5.89 Å². The Kier molecular flexibility index (Phi) is 4.10. The van der Waals surface area contributed by atoms with Crippen molar-refractivity contribution in [1.29, 1.82) is 0 Å². The van der Waals surface area contributed by atoms with Crippen LogP contribution < -0.4 is 5.73 Å². The molecule has 0 aliphatic rings. The lowest BCUT2D eigenvalue weighted by atomic mass is 10.1. The van der Waals surface area contributed by atoms with Gasteiger partial charge in [-0.2, -0.15) is 0 Å². The summed E-state index contributed by atoms with van der Waals surface area (Å²) < 4.78 is 18.6. The Morgan fingerprint density at radius 1 is 1.28 bits per heavy atom. The van der Waals surface area contributed by atoms with Crippen molar-refractivity contribution in [3.8, 4) is 0 Å². The maximum atomic E-state index is 13.0. The first-order valence-electron chi connectivity index (χ1n) is 6.08. The fourth-order valence-electron chi connectivity index (χ4n) is 1.91. The quantitative estimate of drug-likeness (QED) is 0.884. The summed E-state index contributed by atoms with van der Waals surface area (Å²) in [5.74, 6) is 1.31. The predicted octanol–water partition coefficient (Wildman–Crippen LogP) is 2.41. The van der Waals surface area contributed by atoms with Crippen LogP contribution in [0.15, 0.2) is 28.7 Å². The van der Waals surface area contributed by atoms with Crippen molar-refractivity contribution in [2.75, 3.05) is 6.54 Å². The van der Waals surface area contributed by atoms with Crippen molar-refractivity contribution < 1.29 is 8.81 Å². The lowest BCUT2D eigenvalue weighted by Gasteiger charge is -1.98. The Bertz CT molecular complexity index is 522. The van der Waals surface area contributed by atoms with E-state index in [1.165, 1.54) is 12.1 Å². The molecule has 4 heteroatoms. The van der Waals surface area contributed by atoms with E-state index in [-0.39, 0.29) is 5.82 Å². The molecule has 1 aromatic heterocycles. The maximum absolute atomic E-state index is 13.0. The topological polar surface area (TPSA) is 52.0 Å². The number of hydrogen-bond donors (Lipinski definition) is 1. The van der Waals surface area contributed by atoms with Gasteiger partial charge >= 0.3 is 0 Å². The van der Waals surface area contributed by atoms with Crippen LogP contribution in [-0.2, 0) is 19.3 Å². The number of oxazole rings is 1. The number of aromatic nitrogens is 1. The molecule has 0 radical (unpaired) electrons. The van der Waals surface area contributed by atoms with E-state index in [4.69, 9.17) is 10.2 Å². The highest BCUT2D eigenvalue weighted by atomic mass is 19.1. The van der Waals surface area contributed by atoms with E-state index in [2.05, 4.69) is 4.98 Å². The van der Waals surface area contributed by atoms with Crippen molar-refractivity contribution in [2.24, 2.45) is 5.73 Å². The number of nitrogens with zero attached hydrogens (tertiary/aromatic N) is 1. The number of rotatable bonds is 5. The van der Waals surface area contributed by atoms with Crippen LogP contribution in [0.3, 0.4) is 0 Å². The number of nitrogens with two attached hydrogens (primary N) is 1. The summed E-state index contributed by atoms with van der Waals surface area (Å²) in [6, 6.07) is 6.60. The molecule has 1 aromatic carbocycles. The lowest BCUT2D eigenvalue weighted by molar-refractivity contribution is 0.469. The molecule has 0 unspecified atom stereocenters. The van der Waals surface area contributed by atoms with E-state index in [9.17, 15) is 4.39 Å². The zero-order valence-corrected chi connectivity index (χ0v) is 10.4. The summed E-state index contributed by atoms with van der Waals surface area (Å²) in [7, 11) is 0. The molecule has 3 nitrogen and oxygen atoms in total. The van der Waals surface area contributed by atoms with Crippen LogP contribution in [-0.4, -0.2) is 11.5 Å². The van der Waals surface area contributed by atoms with Crippen molar-refractivity contribution in [2.45, 2.75) is 26.2 Å². The molecule has 0 saturated heterocycles. The minimum atomic E-state index is -0.208. The average Bonchev–Trinajstić information content (AvgIpc) is 2.69. The van der Waals surface area contributed by atoms with Crippen LogP contribution in [0.2, 0.25) is 0 Å². The first-order valence-corrected chi connectivity index (χ1v) is 6.08. The maximum Gasteiger partial charge on any atom is 0.194 e. The number of benzene rings is 1. The Morgan fingerprint density at radius 2 is 2.11 bits per heavy atom. The Balaban J connectivity index is 2.00. The molecule has 2 N–H and O–H groups in total. The van der Waals surface area contributed by atoms with E-state index in [1.807, 2.05) is 13.0 Å². The monoisotopic (exact) mass is 248 g/mol. The minimum absolute atomic E-state index is 0.208. The summed E-state index contributed by atoms with van der Waals surface area (Å²) in [4.78, 5) is 4.40. The van der Waals surface area contributed by atoms with E-state index in [0.717, 1.165) is 29.9 Å². The molecular weight excluding hydrogens is 231 g/mol. The highest BCUT2D eigenvalue weighted by molar-refractivity contribution is 5.17. The van der Waals surface area contributed by atoms with Gasteiger partial charge in [0.25, 0.3) is 0 Å². The van der Waals surface area contributed by atoms with Crippen LogP contribution in [0.25, 0.3) is 0 Å². The molecule has 0 atom stereocenters. The Hall–Kier alpha value is -1.68. The van der Waals surface area contributed by atoms with Crippen LogP contribution in [0.4, 0.5) is 4.39 Å². The third-order valence-electron chi connectivity index (χ3n) is 2.83. The van der Waals surface area contributed by atoms with Crippen LogP contribution in [0.1, 0.15) is 22.9 Å². The molecule has 0 aliphatic carbocycles. The first-order chi connectivity index (χ1) is 8.69. The summed E-state index contributed by atoms with van der Waals surface area (Å²) in [6.45, 7) is 2.46. The van der Waals surface area contributed by atoms with Crippen LogP contribution in [0.5, 0.6) is 0 Å². The van der Waals surface area contributed by atoms with Gasteiger partial charge in [-0.25, -0.2) is 9.37 Å². The molecule has 0 amide bonds. The van der Waals surface area contributed by atoms with Gasteiger partial charge in [0.05, 0.1) is 5.69 Å². The van der Waals surface area contributed by atoms with E-state index in [0.29, 0.717) is 18.9 Å². The van der Waals surface area contributed by atoms with Gasteiger partial charge in [-0.05, 0) is 37.6 Å². The Labute approximate surface area is 106 Å². The smallest absolute Gasteiger partial charge is 0.194 e. The van der Waals surface area contributed by atoms with Gasteiger partial charge in [-0.15, -0.1) is 0 Å². The zero-order valence-electron chi connectivity index (χ0n) is 10.4. The second kappa shape index (κ2) is 5.78. The fraction of sp³-hybridized carbons (Fsp3) is 0.357. The number of hydrogen-bond acceptors (Lipinski definition) is 3. The molecule has 2 rings (SSSR count). The first kappa shape index (κ1) is 12.8. The van der Waals surface area contributed by atoms with Gasteiger partial charge in [0.2, 0.25) is 0 Å². The van der Waals surface area contributed by atoms with Gasteiger partial charge in [-0.1, -0.05) is 12.1 Å². The summed E-state index contributed by atoms with van der Waals surface area (Å²) in [5, 5.41) is 0. The van der Waals surface area contributed by atoms with Crippen molar-refractivity contribution in [3.05, 3.63) is 53.0 Å². The minimum Gasteiger partial charge on any atom is -0.446 e. The molecule has 0 saturated carbocycles. The lowest BCUT2D eigenvalue weighted by Crippen LogP contribution is -2.04. The molecular formula is C14H17FN2O. The molecule has 96 valence electrons. The predicted molar refractivity (Wildman–Crippen MR) is 67.8 cm³/mol. The molecule has 0 spiro atoms. The molecule has 0 fully saturated rings. The van der Waals surface area contributed by atoms with Gasteiger partial charge < -0.3 is 10.2 Å². The molecule has 0 aliphatic heterocycles. The zero-order chi connectivity index (χ0) is 13.0. The largest absolute Gasteiger partial charge is 0.446 e. The van der Waals surface area contributed by atoms with Gasteiger partial charge in [0.1, 0.15) is 11.6 Å². The molecule has 18 heavy (non-hydrogen) atoms. The third-order valence-corrected chi connectivity index (χ3v) is 2.83. The van der Waals surface area contributed by atoms with Gasteiger partial charge in [0, 0.05) is 12.8 Å². The Morgan fingerprint density at radius 3 is 2.83 bits per heavy atom. The standard InChI is InChI=1S/C14H17FN2O/c1-10-13(7-8-16)17-14(18-10)6-5-11-3-2-4-12(15)9-11/h2-4,9H,5-8,16H2,1H3. The second-order valence-electron chi connectivity index (χ2n) is 4.28. The summed E-state index contributed by atoms with van der Waals surface area (Å²) in [5.41, 5.74) is 7.37. The van der Waals surface area contributed by atoms with Gasteiger partial charge in [-0.3, -0.25) is 0 Å². The molecule has 2 aromatic rings. The third kappa shape index (κ3) is 3.17. The normalized spacial score (nSPS) is 10.8. The van der Waals surface area contributed by atoms with Crippen molar-refractivity contribution >= 4 is 0 Å². The van der Waals surface area contributed by atoms with Crippen molar-refractivity contribution in [1.82, 2.24) is 4.98 Å². The highest BCUT2D eigenvalue weighted by Gasteiger charge is 2.08. The van der Waals surface area contributed by atoms with Crippen LogP contribution in [0, 0.1) is 12.7 Å². The average molecular weight is 248 g/mol. The summed E-state index contributed by atoms with van der Waals surface area (Å²) in [6.07, 6.45) is 2.13. The fourth-order valence-corrected chi connectivity index (χ4v) is 1.91. The van der Waals surface area contributed by atoms with Crippen molar-refractivity contribution in [3.63, 3.8) is 0 Å². The van der Waals surface area contributed by atoms with Crippen LogP contribution >= 0.6 is 0 Å². The second-order valence-corrected chi connectivity index (χ2v) is 4.28. The number of aryl methyl sites for hydroxylation is 3. The van der Waals surface area contributed by atoms with E-state index >= 15 is 0 Å².